The summed E-state index contributed by atoms with van der Waals surface area (Å²) in [6, 6.07) is 9.74. The summed E-state index contributed by atoms with van der Waals surface area (Å²) in [4.78, 5) is 11.9. The number of rotatable bonds is 8. The van der Waals surface area contributed by atoms with Gasteiger partial charge >= 0.3 is 12.1 Å². The number of esters is 1. The van der Waals surface area contributed by atoms with Crippen molar-refractivity contribution in [2.75, 3.05) is 20.3 Å². The predicted molar refractivity (Wildman–Crippen MR) is 101 cm³/mol. The maximum absolute atomic E-state index is 13.6. The lowest BCUT2D eigenvalue weighted by Crippen LogP contribution is -2.15. The zero-order valence-electron chi connectivity index (χ0n) is 16.2. The molecule has 4 nitrogen and oxygen atoms in total. The van der Waals surface area contributed by atoms with Crippen LogP contribution in [0.15, 0.2) is 36.4 Å². The Balaban J connectivity index is 2.63. The Morgan fingerprint density at radius 2 is 1.79 bits per heavy atom. The van der Waals surface area contributed by atoms with Crippen LogP contribution < -0.4 is 10.1 Å². The van der Waals surface area contributed by atoms with E-state index in [0.29, 0.717) is 12.1 Å². The fourth-order valence-electron chi connectivity index (χ4n) is 2.98. The van der Waals surface area contributed by atoms with E-state index >= 15 is 0 Å². The molecule has 0 saturated heterocycles. The van der Waals surface area contributed by atoms with Crippen molar-refractivity contribution >= 4 is 5.97 Å². The Morgan fingerprint density at radius 1 is 1.07 bits per heavy atom. The van der Waals surface area contributed by atoms with Gasteiger partial charge in [-0.15, -0.1) is 0 Å². The highest BCUT2D eigenvalue weighted by molar-refractivity contribution is 5.78. The van der Waals surface area contributed by atoms with Crippen LogP contribution in [-0.4, -0.2) is 26.2 Å². The lowest BCUT2D eigenvalue weighted by Gasteiger charge is -2.19. The van der Waals surface area contributed by atoms with E-state index in [9.17, 15) is 18.0 Å². The Bertz CT molecular complexity index is 819. The molecule has 7 heteroatoms. The van der Waals surface area contributed by atoms with Gasteiger partial charge in [-0.2, -0.15) is 13.2 Å². The van der Waals surface area contributed by atoms with Crippen LogP contribution in [0.25, 0.3) is 11.1 Å². The standard InChI is InChI=1S/C21H24F3NO3/c1-4-25-13-14-8-6-7-9-16(14)17-10-15(11-20(26)28-5-2)18(21(22,23)24)12-19(17)27-3/h6-10,12,25H,4-5,11,13H2,1-3H3. The topological polar surface area (TPSA) is 47.6 Å². The molecule has 1 N–H and O–H groups in total. The van der Waals surface area contributed by atoms with Crippen LogP contribution in [0.3, 0.4) is 0 Å². The quantitative estimate of drug-likeness (QED) is 0.664. The molecular formula is C21H24F3NO3. The van der Waals surface area contributed by atoms with Gasteiger partial charge in [-0.25, -0.2) is 0 Å². The summed E-state index contributed by atoms with van der Waals surface area (Å²) < 4.78 is 50.8. The highest BCUT2D eigenvalue weighted by Gasteiger charge is 2.35. The van der Waals surface area contributed by atoms with E-state index in [4.69, 9.17) is 9.47 Å². The highest BCUT2D eigenvalue weighted by atomic mass is 19.4. The third kappa shape index (κ3) is 5.25. The molecule has 0 spiro atoms. The van der Waals surface area contributed by atoms with Gasteiger partial charge in [-0.3, -0.25) is 4.79 Å². The van der Waals surface area contributed by atoms with Gasteiger partial charge in [-0.05, 0) is 42.3 Å². The number of nitrogens with one attached hydrogen (secondary N) is 1. The van der Waals surface area contributed by atoms with Gasteiger partial charge in [-0.1, -0.05) is 31.2 Å². The smallest absolute Gasteiger partial charge is 0.416 e. The Hall–Kier alpha value is -2.54. The molecule has 2 aromatic carbocycles. The summed E-state index contributed by atoms with van der Waals surface area (Å²) in [5.41, 5.74) is 1.14. The summed E-state index contributed by atoms with van der Waals surface area (Å²) in [6.45, 7) is 5.00. The van der Waals surface area contributed by atoms with Crippen molar-refractivity contribution in [2.24, 2.45) is 0 Å². The van der Waals surface area contributed by atoms with Crippen LogP contribution in [0.1, 0.15) is 30.5 Å². The SMILES string of the molecule is CCNCc1ccccc1-c1cc(CC(=O)OCC)c(C(F)(F)F)cc1OC. The molecule has 0 fully saturated rings. The molecule has 2 aromatic rings. The maximum atomic E-state index is 13.6. The number of carbonyl (C=O) groups excluding carboxylic acids is 1. The lowest BCUT2D eigenvalue weighted by atomic mass is 9.93. The maximum Gasteiger partial charge on any atom is 0.416 e. The summed E-state index contributed by atoms with van der Waals surface area (Å²) in [5.74, 6) is -0.603. The molecule has 0 radical (unpaired) electrons. The van der Waals surface area contributed by atoms with E-state index in [2.05, 4.69) is 5.32 Å². The first-order valence-electron chi connectivity index (χ1n) is 9.04. The van der Waals surface area contributed by atoms with Crippen LogP contribution >= 0.6 is 0 Å². The third-order valence-corrected chi connectivity index (χ3v) is 4.24. The van der Waals surface area contributed by atoms with E-state index in [0.717, 1.165) is 23.7 Å². The summed E-state index contributed by atoms with van der Waals surface area (Å²) in [7, 11) is 1.33. The van der Waals surface area contributed by atoms with Crippen molar-refractivity contribution in [3.63, 3.8) is 0 Å². The third-order valence-electron chi connectivity index (χ3n) is 4.24. The molecule has 28 heavy (non-hydrogen) atoms. The average molecular weight is 395 g/mol. The van der Waals surface area contributed by atoms with Crippen molar-refractivity contribution in [3.05, 3.63) is 53.1 Å². The normalized spacial score (nSPS) is 11.4. The van der Waals surface area contributed by atoms with Crippen molar-refractivity contribution in [1.82, 2.24) is 5.32 Å². The molecule has 152 valence electrons. The number of methoxy groups -OCH3 is 1. The molecule has 0 aromatic heterocycles. The van der Waals surface area contributed by atoms with Crippen molar-refractivity contribution in [3.8, 4) is 16.9 Å². The monoisotopic (exact) mass is 395 g/mol. The minimum atomic E-state index is -4.61. The molecule has 0 amide bonds. The van der Waals surface area contributed by atoms with Gasteiger partial charge in [0.1, 0.15) is 5.75 Å². The molecule has 0 aliphatic carbocycles. The number of halogens is 3. The van der Waals surface area contributed by atoms with E-state index < -0.39 is 24.1 Å². The van der Waals surface area contributed by atoms with Crippen LogP contribution in [0.4, 0.5) is 13.2 Å². The molecule has 0 atom stereocenters. The molecule has 2 rings (SSSR count). The zero-order valence-corrected chi connectivity index (χ0v) is 16.2. The molecule has 0 bridgehead atoms. The van der Waals surface area contributed by atoms with Crippen molar-refractivity contribution < 1.29 is 27.4 Å². The van der Waals surface area contributed by atoms with Gasteiger partial charge in [0.15, 0.2) is 0 Å². The van der Waals surface area contributed by atoms with Gasteiger partial charge in [0.05, 0.1) is 25.7 Å². The summed E-state index contributed by atoms with van der Waals surface area (Å²) in [6.07, 6.45) is -5.08. The molecular weight excluding hydrogens is 371 g/mol. The van der Waals surface area contributed by atoms with Gasteiger partial charge < -0.3 is 14.8 Å². The number of benzene rings is 2. The first-order valence-corrected chi connectivity index (χ1v) is 9.04. The molecule has 0 aliphatic rings. The highest BCUT2D eigenvalue weighted by Crippen LogP contribution is 2.41. The average Bonchev–Trinajstić information content (AvgIpc) is 2.65. The van der Waals surface area contributed by atoms with Crippen LogP contribution in [-0.2, 0) is 28.7 Å². The second kappa shape index (κ2) is 9.59. The van der Waals surface area contributed by atoms with E-state index in [1.54, 1.807) is 6.92 Å². The van der Waals surface area contributed by atoms with E-state index in [1.165, 1.54) is 13.2 Å². The predicted octanol–water partition coefficient (Wildman–Crippen LogP) is 4.60. The van der Waals surface area contributed by atoms with Crippen LogP contribution in [0.2, 0.25) is 0 Å². The Morgan fingerprint density at radius 3 is 2.39 bits per heavy atom. The van der Waals surface area contributed by atoms with E-state index in [-0.39, 0.29) is 17.9 Å². The minimum Gasteiger partial charge on any atom is -0.496 e. The molecule has 0 aliphatic heterocycles. The van der Waals surface area contributed by atoms with Crippen LogP contribution in [0.5, 0.6) is 5.75 Å². The summed E-state index contributed by atoms with van der Waals surface area (Å²) >= 11 is 0. The van der Waals surface area contributed by atoms with Gasteiger partial charge in [0.2, 0.25) is 0 Å². The van der Waals surface area contributed by atoms with Crippen molar-refractivity contribution in [1.29, 1.82) is 0 Å². The van der Waals surface area contributed by atoms with Gasteiger partial charge in [0.25, 0.3) is 0 Å². The second-order valence-corrected chi connectivity index (χ2v) is 6.13. The minimum absolute atomic E-state index is 0.101. The molecule has 0 saturated carbocycles. The van der Waals surface area contributed by atoms with E-state index in [1.807, 2.05) is 31.2 Å². The van der Waals surface area contributed by atoms with Gasteiger partial charge in [0, 0.05) is 12.1 Å². The number of hydrogen-bond acceptors (Lipinski definition) is 4. The first kappa shape index (κ1) is 21.8. The van der Waals surface area contributed by atoms with Crippen LogP contribution in [0, 0.1) is 0 Å². The second-order valence-electron chi connectivity index (χ2n) is 6.13. The fraction of sp³-hybridized carbons (Fsp3) is 0.381. The summed E-state index contributed by atoms with van der Waals surface area (Å²) in [5, 5.41) is 3.22. The largest absolute Gasteiger partial charge is 0.496 e. The number of alkyl halides is 3. The fourth-order valence-corrected chi connectivity index (χ4v) is 2.98. The Kier molecular flexibility index (Phi) is 7.45. The number of hydrogen-bond donors (Lipinski definition) is 1. The first-order chi connectivity index (χ1) is 13.3. The lowest BCUT2D eigenvalue weighted by molar-refractivity contribution is -0.143. The van der Waals surface area contributed by atoms with Crippen molar-refractivity contribution in [2.45, 2.75) is 33.0 Å². The number of carbonyl (C=O) groups is 1. The Labute approximate surface area is 162 Å². The molecule has 0 heterocycles. The molecule has 0 unspecified atom stereocenters. The number of ether oxygens (including phenoxy) is 2. The zero-order chi connectivity index (χ0) is 20.7.